The van der Waals surface area contributed by atoms with Gasteiger partial charge in [0.1, 0.15) is 17.2 Å². The summed E-state index contributed by atoms with van der Waals surface area (Å²) in [5.74, 6) is 1.14. The number of nitrogens with two attached hydrogens (primary N) is 1. The summed E-state index contributed by atoms with van der Waals surface area (Å²) in [5, 5.41) is 4.13. The van der Waals surface area contributed by atoms with Crippen LogP contribution in [0.1, 0.15) is 27.2 Å². The molecule has 0 radical (unpaired) electrons. The highest BCUT2D eigenvalue weighted by Crippen LogP contribution is 2.24. The number of hydrogen-bond acceptors (Lipinski definition) is 4. The number of hydrogen-bond donors (Lipinski definition) is 1. The van der Waals surface area contributed by atoms with Crippen molar-refractivity contribution >= 4 is 17.7 Å². The number of anilines is 2. The summed E-state index contributed by atoms with van der Waals surface area (Å²) in [7, 11) is 0. The average molecular weight is 238 g/mol. The molecule has 0 aliphatic carbocycles. The predicted octanol–water partition coefficient (Wildman–Crippen LogP) is 1.61. The van der Waals surface area contributed by atoms with Gasteiger partial charge >= 0.3 is 6.09 Å². The third-order valence-corrected chi connectivity index (χ3v) is 2.42. The van der Waals surface area contributed by atoms with Crippen LogP contribution in [0.5, 0.6) is 0 Å². The second kappa shape index (κ2) is 3.94. The first-order chi connectivity index (χ1) is 7.87. The summed E-state index contributed by atoms with van der Waals surface area (Å²) in [6, 6.07) is 1.70. The minimum absolute atomic E-state index is 0.349. The first-order valence-electron chi connectivity index (χ1n) is 5.71. The molecule has 0 atom stereocenters. The van der Waals surface area contributed by atoms with Crippen LogP contribution < -0.4 is 10.6 Å². The van der Waals surface area contributed by atoms with Gasteiger partial charge < -0.3 is 10.5 Å². The average Bonchev–Trinajstić information content (AvgIpc) is 2.54. The summed E-state index contributed by atoms with van der Waals surface area (Å²) >= 11 is 0. The minimum atomic E-state index is -0.495. The van der Waals surface area contributed by atoms with Gasteiger partial charge in [0.25, 0.3) is 0 Å². The van der Waals surface area contributed by atoms with Crippen molar-refractivity contribution in [1.29, 1.82) is 0 Å². The van der Waals surface area contributed by atoms with Gasteiger partial charge in [0.2, 0.25) is 0 Å². The Kier molecular flexibility index (Phi) is 2.73. The fraction of sp³-hybridized carbons (Fsp3) is 0.636. The Bertz CT molecular complexity index is 433. The van der Waals surface area contributed by atoms with E-state index < -0.39 is 5.60 Å². The molecule has 0 bridgehead atoms. The standard InChI is InChI=1S/C11H18N4O2/c1-11(2,3)17-10(16)14-5-4-6-15-9(14)7-8(12)13-15/h7H,4-6H2,1-3H3,(H2,12,13). The highest BCUT2D eigenvalue weighted by Gasteiger charge is 2.28. The number of aryl methyl sites for hydroxylation is 1. The van der Waals surface area contributed by atoms with E-state index in [0.717, 1.165) is 13.0 Å². The molecule has 17 heavy (non-hydrogen) atoms. The lowest BCUT2D eigenvalue weighted by Gasteiger charge is -2.30. The maximum atomic E-state index is 12.0. The minimum Gasteiger partial charge on any atom is -0.443 e. The Hall–Kier alpha value is -1.72. The number of amides is 1. The molecule has 1 amide bonds. The maximum absolute atomic E-state index is 12.0. The zero-order chi connectivity index (χ0) is 12.6. The van der Waals surface area contributed by atoms with E-state index in [1.165, 1.54) is 0 Å². The monoisotopic (exact) mass is 238 g/mol. The van der Waals surface area contributed by atoms with Gasteiger partial charge in [-0.25, -0.2) is 9.48 Å². The molecule has 2 N–H and O–H groups in total. The summed E-state index contributed by atoms with van der Waals surface area (Å²) in [6.07, 6.45) is 0.506. The van der Waals surface area contributed by atoms with Gasteiger partial charge in [-0.05, 0) is 27.2 Å². The highest BCUT2D eigenvalue weighted by molar-refractivity contribution is 5.87. The van der Waals surface area contributed by atoms with Crippen LogP contribution >= 0.6 is 0 Å². The summed E-state index contributed by atoms with van der Waals surface area (Å²) in [6.45, 7) is 6.97. The number of nitrogen functional groups attached to an aromatic ring is 1. The van der Waals surface area contributed by atoms with Crippen LogP contribution in [0.25, 0.3) is 0 Å². The lowest BCUT2D eigenvalue weighted by atomic mass is 10.2. The van der Waals surface area contributed by atoms with E-state index in [9.17, 15) is 4.79 Å². The first-order valence-corrected chi connectivity index (χ1v) is 5.71. The number of ether oxygens (including phenoxy) is 1. The van der Waals surface area contributed by atoms with E-state index in [1.54, 1.807) is 15.6 Å². The van der Waals surface area contributed by atoms with E-state index in [-0.39, 0.29) is 6.09 Å². The van der Waals surface area contributed by atoms with E-state index in [4.69, 9.17) is 10.5 Å². The second-order valence-electron chi connectivity index (χ2n) is 5.14. The zero-order valence-corrected chi connectivity index (χ0v) is 10.4. The molecule has 1 aromatic rings. The van der Waals surface area contributed by atoms with Crippen molar-refractivity contribution in [2.45, 2.75) is 39.3 Å². The van der Waals surface area contributed by atoms with E-state index in [2.05, 4.69) is 5.10 Å². The van der Waals surface area contributed by atoms with Crippen LogP contribution in [-0.4, -0.2) is 28.0 Å². The summed E-state index contributed by atoms with van der Waals surface area (Å²) < 4.78 is 7.09. The molecule has 0 saturated heterocycles. The Morgan fingerprint density at radius 3 is 2.82 bits per heavy atom. The molecule has 0 aromatic carbocycles. The van der Waals surface area contributed by atoms with Gasteiger partial charge in [0, 0.05) is 19.2 Å². The van der Waals surface area contributed by atoms with Crippen molar-refractivity contribution < 1.29 is 9.53 Å². The molecule has 2 heterocycles. The molecule has 94 valence electrons. The quantitative estimate of drug-likeness (QED) is 0.745. The van der Waals surface area contributed by atoms with Gasteiger partial charge in [0.15, 0.2) is 0 Å². The van der Waals surface area contributed by atoms with E-state index in [0.29, 0.717) is 18.2 Å². The lowest BCUT2D eigenvalue weighted by molar-refractivity contribution is 0.0572. The molecule has 1 aliphatic heterocycles. The number of nitrogens with zero attached hydrogens (tertiary/aromatic N) is 3. The number of aromatic nitrogens is 2. The smallest absolute Gasteiger partial charge is 0.415 e. The zero-order valence-electron chi connectivity index (χ0n) is 10.4. The third kappa shape index (κ3) is 2.51. The van der Waals surface area contributed by atoms with Crippen LogP contribution in [-0.2, 0) is 11.3 Å². The number of carbonyl (C=O) groups is 1. The Balaban J connectivity index is 2.21. The first kappa shape index (κ1) is 11.8. The van der Waals surface area contributed by atoms with Crippen molar-refractivity contribution in [2.24, 2.45) is 0 Å². The Morgan fingerprint density at radius 2 is 2.18 bits per heavy atom. The molecule has 0 fully saturated rings. The molecule has 6 nitrogen and oxygen atoms in total. The topological polar surface area (TPSA) is 73.4 Å². The predicted molar refractivity (Wildman–Crippen MR) is 64.8 cm³/mol. The lowest BCUT2D eigenvalue weighted by Crippen LogP contribution is -2.41. The molecule has 0 saturated carbocycles. The SMILES string of the molecule is CC(C)(C)OC(=O)N1CCCn2nc(N)cc21. The van der Waals surface area contributed by atoms with Crippen molar-refractivity contribution in [1.82, 2.24) is 9.78 Å². The van der Waals surface area contributed by atoms with Gasteiger partial charge in [-0.15, -0.1) is 0 Å². The summed E-state index contributed by atoms with van der Waals surface area (Å²) in [5.41, 5.74) is 5.14. The van der Waals surface area contributed by atoms with E-state index >= 15 is 0 Å². The van der Waals surface area contributed by atoms with Crippen molar-refractivity contribution in [3.63, 3.8) is 0 Å². The third-order valence-electron chi connectivity index (χ3n) is 2.42. The fourth-order valence-corrected chi connectivity index (χ4v) is 1.80. The molecule has 0 spiro atoms. The van der Waals surface area contributed by atoms with Crippen molar-refractivity contribution in [3.05, 3.63) is 6.07 Å². The second-order valence-corrected chi connectivity index (χ2v) is 5.14. The molecule has 1 aromatic heterocycles. The molecule has 0 unspecified atom stereocenters. The van der Waals surface area contributed by atoms with Crippen molar-refractivity contribution in [3.8, 4) is 0 Å². The van der Waals surface area contributed by atoms with Crippen LogP contribution in [0, 0.1) is 0 Å². The van der Waals surface area contributed by atoms with Gasteiger partial charge in [-0.3, -0.25) is 4.90 Å². The van der Waals surface area contributed by atoms with Gasteiger partial charge in [0.05, 0.1) is 0 Å². The van der Waals surface area contributed by atoms with Gasteiger partial charge in [-0.2, -0.15) is 5.10 Å². The largest absolute Gasteiger partial charge is 0.443 e. The maximum Gasteiger partial charge on any atom is 0.415 e. The fourth-order valence-electron chi connectivity index (χ4n) is 1.80. The molecule has 6 heteroatoms. The molecular weight excluding hydrogens is 220 g/mol. The highest BCUT2D eigenvalue weighted by atomic mass is 16.6. The Morgan fingerprint density at radius 1 is 1.47 bits per heavy atom. The van der Waals surface area contributed by atoms with E-state index in [1.807, 2.05) is 20.8 Å². The van der Waals surface area contributed by atoms with Crippen LogP contribution in [0.4, 0.5) is 16.4 Å². The van der Waals surface area contributed by atoms with Crippen LogP contribution in [0.3, 0.4) is 0 Å². The van der Waals surface area contributed by atoms with Gasteiger partial charge in [-0.1, -0.05) is 0 Å². The number of carbonyl (C=O) groups excluding carboxylic acids is 1. The normalized spacial score (nSPS) is 15.6. The molecule has 1 aliphatic rings. The van der Waals surface area contributed by atoms with Crippen molar-refractivity contribution in [2.75, 3.05) is 17.2 Å². The number of rotatable bonds is 0. The van der Waals surface area contributed by atoms with Crippen LogP contribution in [0.2, 0.25) is 0 Å². The van der Waals surface area contributed by atoms with Crippen LogP contribution in [0.15, 0.2) is 6.07 Å². The molecule has 2 rings (SSSR count). The molecular formula is C11H18N4O2. The summed E-state index contributed by atoms with van der Waals surface area (Å²) in [4.78, 5) is 13.6. The Labute approximate surface area is 100 Å². The number of fused-ring (bicyclic) bond motifs is 1.